The molecule has 20 heavy (non-hydrogen) atoms. The van der Waals surface area contributed by atoms with Crippen LogP contribution < -0.4 is 4.74 Å². The van der Waals surface area contributed by atoms with Gasteiger partial charge in [-0.3, -0.25) is 0 Å². The molecule has 3 nitrogen and oxygen atoms in total. The highest BCUT2D eigenvalue weighted by molar-refractivity contribution is 6.29. The molecule has 0 atom stereocenters. The largest absolute Gasteiger partial charge is 0.490 e. The minimum atomic E-state index is 0.398. The molecule has 3 rings (SSSR count). The average molecular weight is 289 g/mol. The lowest BCUT2D eigenvalue weighted by atomic mass is 10.1. The van der Waals surface area contributed by atoms with E-state index in [2.05, 4.69) is 16.9 Å². The van der Waals surface area contributed by atoms with Crippen LogP contribution in [0.3, 0.4) is 0 Å². The fourth-order valence-corrected chi connectivity index (χ4v) is 2.26. The van der Waals surface area contributed by atoms with E-state index < -0.39 is 0 Å². The second kappa shape index (κ2) is 5.80. The number of ether oxygens (including phenoxy) is 1. The van der Waals surface area contributed by atoms with Crippen LogP contribution in [0.1, 0.15) is 32.0 Å². The molecular weight excluding hydrogens is 272 g/mol. The summed E-state index contributed by atoms with van der Waals surface area (Å²) < 4.78 is 5.82. The van der Waals surface area contributed by atoms with Crippen molar-refractivity contribution in [2.24, 2.45) is 0 Å². The molecule has 1 heterocycles. The van der Waals surface area contributed by atoms with Gasteiger partial charge in [-0.1, -0.05) is 30.7 Å². The summed E-state index contributed by atoms with van der Waals surface area (Å²) in [6.07, 6.45) is 4.56. The molecule has 1 saturated carbocycles. The number of benzene rings is 1. The molecule has 1 aliphatic carbocycles. The third kappa shape index (κ3) is 3.28. The maximum atomic E-state index is 6.09. The van der Waals surface area contributed by atoms with Crippen molar-refractivity contribution in [1.82, 2.24) is 9.97 Å². The number of rotatable bonds is 5. The molecular formula is C16H17ClN2O. The standard InChI is InChI=1S/C16H17ClN2O/c1-2-4-16-18-14(10-15(17)19-16)11-5-3-6-13(9-11)20-12-7-8-12/h3,5-6,9-10,12H,2,4,7-8H2,1H3. The van der Waals surface area contributed by atoms with Gasteiger partial charge in [-0.05, 0) is 31.4 Å². The zero-order valence-electron chi connectivity index (χ0n) is 11.5. The van der Waals surface area contributed by atoms with Gasteiger partial charge in [-0.25, -0.2) is 9.97 Å². The van der Waals surface area contributed by atoms with E-state index in [0.29, 0.717) is 11.3 Å². The van der Waals surface area contributed by atoms with Gasteiger partial charge in [0.05, 0.1) is 11.8 Å². The maximum absolute atomic E-state index is 6.09. The Bertz CT molecular complexity index is 611. The summed E-state index contributed by atoms with van der Waals surface area (Å²) in [7, 11) is 0. The third-order valence-electron chi connectivity index (χ3n) is 3.17. The minimum absolute atomic E-state index is 0.398. The molecule has 4 heteroatoms. The summed E-state index contributed by atoms with van der Waals surface area (Å²) in [5.74, 6) is 1.69. The van der Waals surface area contributed by atoms with Crippen LogP contribution in [0.4, 0.5) is 0 Å². The zero-order valence-corrected chi connectivity index (χ0v) is 12.2. The second-order valence-corrected chi connectivity index (χ2v) is 5.47. The number of halogens is 1. The summed E-state index contributed by atoms with van der Waals surface area (Å²) in [5, 5.41) is 0.493. The Morgan fingerprint density at radius 2 is 2.10 bits per heavy atom. The monoisotopic (exact) mass is 288 g/mol. The number of nitrogens with zero attached hydrogens (tertiary/aromatic N) is 2. The van der Waals surface area contributed by atoms with E-state index >= 15 is 0 Å². The van der Waals surface area contributed by atoms with E-state index in [0.717, 1.165) is 48.5 Å². The van der Waals surface area contributed by atoms with Crippen molar-refractivity contribution in [1.29, 1.82) is 0 Å². The van der Waals surface area contributed by atoms with Crippen molar-refractivity contribution < 1.29 is 4.74 Å². The molecule has 0 amide bonds. The van der Waals surface area contributed by atoms with Gasteiger partial charge in [0.2, 0.25) is 0 Å². The Morgan fingerprint density at radius 1 is 1.25 bits per heavy atom. The molecule has 0 spiro atoms. The van der Waals surface area contributed by atoms with Gasteiger partial charge < -0.3 is 4.74 Å². The predicted octanol–water partition coefficient (Wildman–Crippen LogP) is 4.29. The van der Waals surface area contributed by atoms with E-state index in [1.165, 1.54) is 0 Å². The van der Waals surface area contributed by atoms with Crippen molar-refractivity contribution >= 4 is 11.6 Å². The molecule has 1 aliphatic rings. The lowest BCUT2D eigenvalue weighted by Crippen LogP contribution is -1.98. The first-order valence-corrected chi connectivity index (χ1v) is 7.43. The topological polar surface area (TPSA) is 35.0 Å². The van der Waals surface area contributed by atoms with Crippen LogP contribution >= 0.6 is 11.6 Å². The van der Waals surface area contributed by atoms with Crippen LogP contribution in [0.2, 0.25) is 5.15 Å². The van der Waals surface area contributed by atoms with Gasteiger partial charge >= 0.3 is 0 Å². The minimum Gasteiger partial charge on any atom is -0.490 e. The first kappa shape index (κ1) is 13.4. The van der Waals surface area contributed by atoms with Gasteiger partial charge in [-0.15, -0.1) is 0 Å². The van der Waals surface area contributed by atoms with E-state index in [1.54, 1.807) is 6.07 Å². The lowest BCUT2D eigenvalue weighted by molar-refractivity contribution is 0.303. The Balaban J connectivity index is 1.90. The van der Waals surface area contributed by atoms with Gasteiger partial charge in [-0.2, -0.15) is 0 Å². The predicted molar refractivity (Wildman–Crippen MR) is 80.1 cm³/mol. The Morgan fingerprint density at radius 3 is 2.85 bits per heavy atom. The Labute approximate surface area is 124 Å². The van der Waals surface area contributed by atoms with Crippen LogP contribution in [0.15, 0.2) is 30.3 Å². The van der Waals surface area contributed by atoms with Crippen molar-refractivity contribution in [3.8, 4) is 17.0 Å². The van der Waals surface area contributed by atoms with Crippen LogP contribution in [0.25, 0.3) is 11.3 Å². The third-order valence-corrected chi connectivity index (χ3v) is 3.37. The molecule has 1 aromatic carbocycles. The number of hydrogen-bond donors (Lipinski definition) is 0. The van der Waals surface area contributed by atoms with E-state index in [9.17, 15) is 0 Å². The van der Waals surface area contributed by atoms with Crippen LogP contribution in [0.5, 0.6) is 5.75 Å². The van der Waals surface area contributed by atoms with E-state index in [1.807, 2.05) is 24.3 Å². The normalized spacial score (nSPS) is 14.3. The van der Waals surface area contributed by atoms with Crippen LogP contribution in [-0.4, -0.2) is 16.1 Å². The quantitative estimate of drug-likeness (QED) is 0.770. The van der Waals surface area contributed by atoms with Crippen molar-refractivity contribution in [2.75, 3.05) is 0 Å². The summed E-state index contributed by atoms with van der Waals surface area (Å²) in [5.41, 5.74) is 1.87. The highest BCUT2D eigenvalue weighted by Gasteiger charge is 2.23. The maximum Gasteiger partial charge on any atom is 0.133 e. The van der Waals surface area contributed by atoms with Crippen molar-refractivity contribution in [2.45, 2.75) is 38.7 Å². The molecule has 0 radical (unpaired) electrons. The van der Waals surface area contributed by atoms with Gasteiger partial charge in [0.1, 0.15) is 16.7 Å². The molecule has 1 fully saturated rings. The first-order chi connectivity index (χ1) is 9.74. The smallest absolute Gasteiger partial charge is 0.133 e. The second-order valence-electron chi connectivity index (χ2n) is 5.09. The molecule has 2 aromatic rings. The van der Waals surface area contributed by atoms with E-state index in [-0.39, 0.29) is 0 Å². The highest BCUT2D eigenvalue weighted by Crippen LogP contribution is 2.29. The molecule has 0 N–H and O–H groups in total. The molecule has 0 aliphatic heterocycles. The first-order valence-electron chi connectivity index (χ1n) is 7.05. The molecule has 0 unspecified atom stereocenters. The van der Waals surface area contributed by atoms with Gasteiger partial charge in [0.25, 0.3) is 0 Å². The molecule has 104 valence electrons. The molecule has 0 saturated heterocycles. The summed E-state index contributed by atoms with van der Waals surface area (Å²) in [4.78, 5) is 8.83. The Kier molecular flexibility index (Phi) is 3.88. The van der Waals surface area contributed by atoms with E-state index in [4.69, 9.17) is 16.3 Å². The Hall–Kier alpha value is -1.61. The van der Waals surface area contributed by atoms with Gasteiger partial charge in [0, 0.05) is 18.1 Å². The van der Waals surface area contributed by atoms with Crippen LogP contribution in [0, 0.1) is 0 Å². The average Bonchev–Trinajstić information content (AvgIpc) is 3.23. The summed E-state index contributed by atoms with van der Waals surface area (Å²) in [6.45, 7) is 2.11. The van der Waals surface area contributed by atoms with Crippen molar-refractivity contribution in [3.63, 3.8) is 0 Å². The number of aryl methyl sites for hydroxylation is 1. The van der Waals surface area contributed by atoms with Crippen LogP contribution in [-0.2, 0) is 6.42 Å². The highest BCUT2D eigenvalue weighted by atomic mass is 35.5. The lowest BCUT2D eigenvalue weighted by Gasteiger charge is -2.08. The SMILES string of the molecule is CCCc1nc(Cl)cc(-c2cccc(OC3CC3)c2)n1. The molecule has 0 bridgehead atoms. The fourth-order valence-electron chi connectivity index (χ4n) is 2.06. The summed E-state index contributed by atoms with van der Waals surface area (Å²) in [6, 6.07) is 9.82. The van der Waals surface area contributed by atoms with Crippen molar-refractivity contribution in [3.05, 3.63) is 41.3 Å². The van der Waals surface area contributed by atoms with Gasteiger partial charge in [0.15, 0.2) is 0 Å². The summed E-state index contributed by atoms with van der Waals surface area (Å²) >= 11 is 6.09. The molecule has 1 aromatic heterocycles. The fraction of sp³-hybridized carbons (Fsp3) is 0.375. The number of hydrogen-bond acceptors (Lipinski definition) is 3. The zero-order chi connectivity index (χ0) is 13.9. The number of aromatic nitrogens is 2.